The van der Waals surface area contributed by atoms with Crippen LogP contribution in [-0.4, -0.2) is 45.5 Å². The van der Waals surface area contributed by atoms with Gasteiger partial charge in [0.15, 0.2) is 17.5 Å². The number of anilines is 2. The minimum atomic E-state index is -0.754. The van der Waals surface area contributed by atoms with Crippen molar-refractivity contribution in [3.63, 3.8) is 0 Å². The van der Waals surface area contributed by atoms with Gasteiger partial charge in [0.25, 0.3) is 5.91 Å². The standard InChI is InChI=1S/C23H22N4O5S/c1-15(28)16-6-5-7-17(12-16)25-20(29)13-32-22(31)18-8-3-4-9-19(18)26-21(30)14-33-23-24-10-11-27(23)2/h3-12H,13-14H2,1-2H3,(H,25,29)(H,26,30). The molecule has 1 heterocycles. The van der Waals surface area contributed by atoms with Gasteiger partial charge in [-0.2, -0.15) is 0 Å². The lowest BCUT2D eigenvalue weighted by molar-refractivity contribution is -0.119. The third-order valence-electron chi connectivity index (χ3n) is 4.42. The second-order valence-electron chi connectivity index (χ2n) is 6.96. The van der Waals surface area contributed by atoms with Crippen molar-refractivity contribution in [1.82, 2.24) is 9.55 Å². The summed E-state index contributed by atoms with van der Waals surface area (Å²) in [6.07, 6.45) is 3.42. The predicted octanol–water partition coefficient (Wildman–Crippen LogP) is 3.15. The highest BCUT2D eigenvalue weighted by Gasteiger charge is 2.16. The molecular formula is C23H22N4O5S. The Labute approximate surface area is 194 Å². The van der Waals surface area contributed by atoms with Crippen LogP contribution >= 0.6 is 11.8 Å². The van der Waals surface area contributed by atoms with Gasteiger partial charge in [0.05, 0.1) is 17.0 Å². The van der Waals surface area contributed by atoms with E-state index in [2.05, 4.69) is 15.6 Å². The van der Waals surface area contributed by atoms with Gasteiger partial charge >= 0.3 is 5.97 Å². The largest absolute Gasteiger partial charge is 0.452 e. The van der Waals surface area contributed by atoms with Crippen LogP contribution in [0.2, 0.25) is 0 Å². The van der Waals surface area contributed by atoms with Gasteiger partial charge in [-0.3, -0.25) is 14.4 Å². The quantitative estimate of drug-likeness (QED) is 0.282. The molecule has 0 radical (unpaired) electrons. The number of aromatic nitrogens is 2. The van der Waals surface area contributed by atoms with E-state index in [4.69, 9.17) is 4.74 Å². The number of carbonyl (C=O) groups is 4. The molecule has 2 aromatic carbocycles. The number of aryl methyl sites for hydroxylation is 1. The fourth-order valence-electron chi connectivity index (χ4n) is 2.80. The van der Waals surface area contributed by atoms with E-state index in [9.17, 15) is 19.2 Å². The highest BCUT2D eigenvalue weighted by molar-refractivity contribution is 7.99. The van der Waals surface area contributed by atoms with Crippen molar-refractivity contribution in [2.75, 3.05) is 23.0 Å². The van der Waals surface area contributed by atoms with Crippen LogP contribution in [0.4, 0.5) is 11.4 Å². The molecule has 0 aliphatic heterocycles. The number of Topliss-reactive ketones (excluding diaryl/α,β-unsaturated/α-hetero) is 1. The summed E-state index contributed by atoms with van der Waals surface area (Å²) in [5.74, 6) is -1.65. The minimum absolute atomic E-state index is 0.107. The molecule has 0 saturated carbocycles. The van der Waals surface area contributed by atoms with E-state index in [0.717, 1.165) is 0 Å². The average molecular weight is 467 g/mol. The van der Waals surface area contributed by atoms with Gasteiger partial charge in [-0.25, -0.2) is 9.78 Å². The number of hydrogen-bond acceptors (Lipinski definition) is 7. The maximum absolute atomic E-state index is 12.5. The molecule has 0 aliphatic rings. The summed E-state index contributed by atoms with van der Waals surface area (Å²) in [4.78, 5) is 52.6. The zero-order valence-corrected chi connectivity index (χ0v) is 18.8. The summed E-state index contributed by atoms with van der Waals surface area (Å²) in [5, 5.41) is 5.96. The lowest BCUT2D eigenvalue weighted by atomic mass is 10.1. The van der Waals surface area contributed by atoms with E-state index in [1.807, 2.05) is 7.05 Å². The summed E-state index contributed by atoms with van der Waals surface area (Å²) in [7, 11) is 1.83. The van der Waals surface area contributed by atoms with Gasteiger partial charge in [-0.1, -0.05) is 36.0 Å². The second-order valence-corrected chi connectivity index (χ2v) is 7.91. The van der Waals surface area contributed by atoms with Gasteiger partial charge in [0.2, 0.25) is 5.91 Å². The SMILES string of the molecule is CC(=O)c1cccc(NC(=O)COC(=O)c2ccccc2NC(=O)CSc2nccn2C)c1. The smallest absolute Gasteiger partial charge is 0.340 e. The summed E-state index contributed by atoms with van der Waals surface area (Å²) in [6.45, 7) is 0.899. The Balaban J connectivity index is 1.55. The number of ether oxygens (including phenoxy) is 1. The molecule has 33 heavy (non-hydrogen) atoms. The van der Waals surface area contributed by atoms with Crippen LogP contribution in [-0.2, 0) is 21.4 Å². The predicted molar refractivity (Wildman–Crippen MR) is 124 cm³/mol. The summed E-state index contributed by atoms with van der Waals surface area (Å²) < 4.78 is 6.91. The number of nitrogens with one attached hydrogen (secondary N) is 2. The van der Waals surface area contributed by atoms with E-state index < -0.39 is 18.5 Å². The highest BCUT2D eigenvalue weighted by Crippen LogP contribution is 2.19. The molecular weight excluding hydrogens is 444 g/mol. The lowest BCUT2D eigenvalue weighted by Gasteiger charge is -2.11. The van der Waals surface area contributed by atoms with Gasteiger partial charge in [0.1, 0.15) is 0 Å². The number of nitrogens with zero attached hydrogens (tertiary/aromatic N) is 2. The summed E-state index contributed by atoms with van der Waals surface area (Å²) >= 11 is 1.26. The maximum atomic E-state index is 12.5. The zero-order chi connectivity index (χ0) is 23.8. The first-order valence-corrected chi connectivity index (χ1v) is 10.9. The van der Waals surface area contributed by atoms with Crippen molar-refractivity contribution < 1.29 is 23.9 Å². The third-order valence-corrected chi connectivity index (χ3v) is 5.48. The molecule has 9 nitrogen and oxygen atoms in total. The molecule has 0 saturated heterocycles. The average Bonchev–Trinajstić information content (AvgIpc) is 3.21. The normalized spacial score (nSPS) is 10.4. The first-order chi connectivity index (χ1) is 15.8. The number of para-hydroxylation sites is 1. The van der Waals surface area contributed by atoms with Crippen molar-refractivity contribution >= 4 is 46.7 Å². The Bertz CT molecular complexity index is 1190. The van der Waals surface area contributed by atoms with E-state index >= 15 is 0 Å². The maximum Gasteiger partial charge on any atom is 0.340 e. The summed E-state index contributed by atoms with van der Waals surface area (Å²) in [6, 6.07) is 12.8. The molecule has 0 spiro atoms. The Morgan fingerprint density at radius 3 is 2.55 bits per heavy atom. The Kier molecular flexibility index (Phi) is 7.98. The topological polar surface area (TPSA) is 119 Å². The minimum Gasteiger partial charge on any atom is -0.452 e. The van der Waals surface area contributed by atoms with Crippen LogP contribution in [0, 0.1) is 0 Å². The van der Waals surface area contributed by atoms with Crippen molar-refractivity contribution in [3.05, 3.63) is 72.1 Å². The fraction of sp³-hybridized carbons (Fsp3) is 0.174. The number of esters is 1. The van der Waals surface area contributed by atoms with Crippen LogP contribution < -0.4 is 10.6 Å². The fourth-order valence-corrected chi connectivity index (χ4v) is 3.53. The lowest BCUT2D eigenvalue weighted by Crippen LogP contribution is -2.22. The molecule has 0 atom stereocenters. The molecule has 1 aromatic heterocycles. The molecule has 0 unspecified atom stereocenters. The van der Waals surface area contributed by atoms with Crippen LogP contribution in [0.3, 0.4) is 0 Å². The number of carbonyl (C=O) groups excluding carboxylic acids is 4. The van der Waals surface area contributed by atoms with Crippen LogP contribution in [0.1, 0.15) is 27.6 Å². The zero-order valence-electron chi connectivity index (χ0n) is 18.0. The summed E-state index contributed by atoms with van der Waals surface area (Å²) in [5.41, 5.74) is 1.28. The number of hydrogen-bond donors (Lipinski definition) is 2. The monoisotopic (exact) mass is 466 g/mol. The number of thioether (sulfide) groups is 1. The molecule has 3 aromatic rings. The number of imidazole rings is 1. The first-order valence-electron chi connectivity index (χ1n) is 9.90. The van der Waals surface area contributed by atoms with Gasteiger partial charge in [-0.15, -0.1) is 0 Å². The Morgan fingerprint density at radius 1 is 1.03 bits per heavy atom. The van der Waals surface area contributed by atoms with Crippen molar-refractivity contribution in [2.45, 2.75) is 12.1 Å². The van der Waals surface area contributed by atoms with Crippen LogP contribution in [0.15, 0.2) is 66.1 Å². The molecule has 170 valence electrons. The second kappa shape index (κ2) is 11.1. The van der Waals surface area contributed by atoms with E-state index in [1.165, 1.54) is 30.8 Å². The molecule has 10 heteroatoms. The first kappa shape index (κ1) is 23.7. The van der Waals surface area contributed by atoms with Crippen molar-refractivity contribution in [3.8, 4) is 0 Å². The van der Waals surface area contributed by atoms with Crippen molar-refractivity contribution in [1.29, 1.82) is 0 Å². The van der Waals surface area contributed by atoms with Gasteiger partial charge in [-0.05, 0) is 31.2 Å². The Hall–Kier alpha value is -3.92. The molecule has 2 amide bonds. The van der Waals surface area contributed by atoms with Crippen LogP contribution in [0.25, 0.3) is 0 Å². The number of ketones is 1. The molecule has 2 N–H and O–H groups in total. The number of rotatable bonds is 9. The Morgan fingerprint density at radius 2 is 1.82 bits per heavy atom. The van der Waals surface area contributed by atoms with E-state index in [0.29, 0.717) is 16.4 Å². The molecule has 3 rings (SSSR count). The third kappa shape index (κ3) is 6.78. The van der Waals surface area contributed by atoms with Crippen molar-refractivity contribution in [2.24, 2.45) is 7.05 Å². The van der Waals surface area contributed by atoms with E-state index in [-0.39, 0.29) is 28.7 Å². The van der Waals surface area contributed by atoms with Gasteiger partial charge < -0.3 is 19.9 Å². The molecule has 0 fully saturated rings. The number of amides is 2. The van der Waals surface area contributed by atoms with Crippen LogP contribution in [0.5, 0.6) is 0 Å². The number of benzene rings is 2. The molecule has 0 aliphatic carbocycles. The van der Waals surface area contributed by atoms with E-state index in [1.54, 1.807) is 53.4 Å². The highest BCUT2D eigenvalue weighted by atomic mass is 32.2. The molecule has 0 bridgehead atoms. The van der Waals surface area contributed by atoms with Gasteiger partial charge in [0, 0.05) is 30.7 Å².